The minimum atomic E-state index is -0.949. The molecule has 0 aliphatic rings. The monoisotopic (exact) mass is 347 g/mol. The van der Waals surface area contributed by atoms with Gasteiger partial charge in [-0.25, -0.2) is 9.07 Å². The third-order valence-corrected chi connectivity index (χ3v) is 3.66. The number of amides is 1. The van der Waals surface area contributed by atoms with E-state index in [1.54, 1.807) is 25.3 Å². The quantitative estimate of drug-likeness (QED) is 0.836. The van der Waals surface area contributed by atoms with Gasteiger partial charge in [0.1, 0.15) is 5.82 Å². The number of benzene rings is 1. The van der Waals surface area contributed by atoms with Gasteiger partial charge >= 0.3 is 5.97 Å². The summed E-state index contributed by atoms with van der Waals surface area (Å²) in [6.07, 6.45) is 1.58. The van der Waals surface area contributed by atoms with Crippen LogP contribution in [0.3, 0.4) is 0 Å². The Kier molecular flexibility index (Phi) is 5.90. The van der Waals surface area contributed by atoms with E-state index in [1.165, 1.54) is 21.7 Å². The molecule has 2 rings (SSSR count). The normalized spacial score (nSPS) is 10.9. The number of carboxylic acids is 1. The number of nitrogens with zero attached hydrogens (tertiary/aromatic N) is 3. The first-order valence-electron chi connectivity index (χ1n) is 8.11. The number of carboxylic acid groups (broad SMARTS) is 1. The molecule has 0 saturated heterocycles. The highest BCUT2D eigenvalue weighted by molar-refractivity contribution is 5.93. The molecular weight excluding hydrogens is 325 g/mol. The van der Waals surface area contributed by atoms with Crippen LogP contribution in [-0.4, -0.2) is 44.8 Å². The van der Waals surface area contributed by atoms with E-state index in [0.717, 1.165) is 0 Å². The molecule has 0 spiro atoms. The van der Waals surface area contributed by atoms with Crippen LogP contribution in [0, 0.1) is 18.7 Å². The number of aliphatic carboxylic acids is 1. The summed E-state index contributed by atoms with van der Waals surface area (Å²) in [5.41, 5.74) is 1.60. The number of carbonyl (C=O) groups excluding carboxylic acids is 1. The first-order valence-corrected chi connectivity index (χ1v) is 8.11. The van der Waals surface area contributed by atoms with Crippen molar-refractivity contribution in [2.45, 2.75) is 27.2 Å². The predicted octanol–water partition coefficient (Wildman–Crippen LogP) is 2.89. The second-order valence-electron chi connectivity index (χ2n) is 6.37. The van der Waals surface area contributed by atoms with Gasteiger partial charge in [0.2, 0.25) is 0 Å². The molecule has 0 aliphatic carbocycles. The van der Waals surface area contributed by atoms with Crippen LogP contribution in [0.25, 0.3) is 5.69 Å². The Bertz CT molecular complexity index is 753. The minimum absolute atomic E-state index is 0.115. The van der Waals surface area contributed by atoms with Crippen LogP contribution in [0.15, 0.2) is 30.5 Å². The Morgan fingerprint density at radius 2 is 1.92 bits per heavy atom. The molecule has 0 aliphatic heterocycles. The third kappa shape index (κ3) is 4.89. The molecule has 0 radical (unpaired) electrons. The van der Waals surface area contributed by atoms with Crippen molar-refractivity contribution in [1.29, 1.82) is 0 Å². The van der Waals surface area contributed by atoms with Crippen LogP contribution < -0.4 is 0 Å². The lowest BCUT2D eigenvalue weighted by Crippen LogP contribution is -2.36. The molecule has 1 aromatic heterocycles. The van der Waals surface area contributed by atoms with Crippen molar-refractivity contribution < 1.29 is 19.1 Å². The lowest BCUT2D eigenvalue weighted by molar-refractivity contribution is -0.137. The molecular formula is C18H22FN3O3. The fourth-order valence-electron chi connectivity index (χ4n) is 2.49. The van der Waals surface area contributed by atoms with Gasteiger partial charge in [-0.1, -0.05) is 13.8 Å². The molecule has 0 atom stereocenters. The highest BCUT2D eigenvalue weighted by Gasteiger charge is 2.22. The number of hydrogen-bond donors (Lipinski definition) is 1. The lowest BCUT2D eigenvalue weighted by Gasteiger charge is -2.23. The summed E-state index contributed by atoms with van der Waals surface area (Å²) in [6.45, 7) is 6.28. The smallest absolute Gasteiger partial charge is 0.305 e. The molecule has 2 aromatic rings. The summed E-state index contributed by atoms with van der Waals surface area (Å²) >= 11 is 0. The Balaban J connectivity index is 2.26. The summed E-state index contributed by atoms with van der Waals surface area (Å²) in [4.78, 5) is 25.2. The second kappa shape index (κ2) is 7.92. The first-order chi connectivity index (χ1) is 11.8. The molecule has 1 amide bonds. The van der Waals surface area contributed by atoms with Crippen LogP contribution in [0.4, 0.5) is 4.39 Å². The maximum Gasteiger partial charge on any atom is 0.305 e. The van der Waals surface area contributed by atoms with Gasteiger partial charge in [0.05, 0.1) is 12.1 Å². The van der Waals surface area contributed by atoms with E-state index in [1.807, 2.05) is 13.8 Å². The zero-order valence-electron chi connectivity index (χ0n) is 14.6. The molecule has 0 bridgehead atoms. The van der Waals surface area contributed by atoms with Crippen molar-refractivity contribution in [1.82, 2.24) is 14.7 Å². The van der Waals surface area contributed by atoms with Gasteiger partial charge in [-0.05, 0) is 37.1 Å². The highest BCUT2D eigenvalue weighted by Crippen LogP contribution is 2.15. The first kappa shape index (κ1) is 18.6. The number of rotatable bonds is 7. The van der Waals surface area contributed by atoms with E-state index in [-0.39, 0.29) is 36.3 Å². The van der Waals surface area contributed by atoms with Crippen molar-refractivity contribution in [3.63, 3.8) is 0 Å². The van der Waals surface area contributed by atoms with E-state index >= 15 is 0 Å². The van der Waals surface area contributed by atoms with Crippen LogP contribution >= 0.6 is 0 Å². The fourth-order valence-corrected chi connectivity index (χ4v) is 2.49. The summed E-state index contributed by atoms with van der Waals surface area (Å²) < 4.78 is 14.6. The predicted molar refractivity (Wildman–Crippen MR) is 91.3 cm³/mol. The second-order valence-corrected chi connectivity index (χ2v) is 6.37. The standard InChI is InChI=1S/C18H22FN3O3/c1-12(2)10-21(9-8-16(23)24)18(25)17-13(3)11-22(20-17)15-6-4-14(19)5-7-15/h4-7,11-12H,8-10H2,1-3H3,(H,23,24). The third-order valence-electron chi connectivity index (χ3n) is 3.66. The van der Waals surface area contributed by atoms with Crippen molar-refractivity contribution in [3.05, 3.63) is 47.5 Å². The Morgan fingerprint density at radius 1 is 1.28 bits per heavy atom. The Morgan fingerprint density at radius 3 is 2.48 bits per heavy atom. The minimum Gasteiger partial charge on any atom is -0.481 e. The topological polar surface area (TPSA) is 75.4 Å². The van der Waals surface area contributed by atoms with E-state index < -0.39 is 5.97 Å². The molecule has 0 unspecified atom stereocenters. The summed E-state index contributed by atoms with van der Waals surface area (Å²) in [5, 5.41) is 13.2. The average Bonchev–Trinajstić information content (AvgIpc) is 2.92. The van der Waals surface area contributed by atoms with Gasteiger partial charge in [0, 0.05) is 24.8 Å². The summed E-state index contributed by atoms with van der Waals surface area (Å²) in [5.74, 6) is -1.39. The Labute approximate surface area is 145 Å². The van der Waals surface area contributed by atoms with Crippen molar-refractivity contribution in [2.75, 3.05) is 13.1 Å². The van der Waals surface area contributed by atoms with Crippen LogP contribution in [0.2, 0.25) is 0 Å². The van der Waals surface area contributed by atoms with Gasteiger partial charge in [-0.15, -0.1) is 0 Å². The molecule has 0 saturated carbocycles. The van der Waals surface area contributed by atoms with Crippen LogP contribution in [0.5, 0.6) is 0 Å². The van der Waals surface area contributed by atoms with E-state index in [0.29, 0.717) is 17.8 Å². The molecule has 134 valence electrons. The van der Waals surface area contributed by atoms with E-state index in [9.17, 15) is 14.0 Å². The van der Waals surface area contributed by atoms with Gasteiger partial charge in [-0.3, -0.25) is 9.59 Å². The average molecular weight is 347 g/mol. The Hall–Kier alpha value is -2.70. The van der Waals surface area contributed by atoms with Gasteiger partial charge < -0.3 is 10.0 Å². The van der Waals surface area contributed by atoms with Gasteiger partial charge in [-0.2, -0.15) is 5.10 Å². The molecule has 1 heterocycles. The largest absolute Gasteiger partial charge is 0.481 e. The molecule has 1 N–H and O–H groups in total. The molecule has 0 fully saturated rings. The number of aromatic nitrogens is 2. The number of carbonyl (C=O) groups is 2. The highest BCUT2D eigenvalue weighted by atomic mass is 19.1. The van der Waals surface area contributed by atoms with Crippen molar-refractivity contribution in [3.8, 4) is 5.69 Å². The molecule has 6 nitrogen and oxygen atoms in total. The number of halogens is 1. The number of hydrogen-bond acceptors (Lipinski definition) is 3. The zero-order chi connectivity index (χ0) is 18.6. The maximum absolute atomic E-state index is 13.1. The summed E-state index contributed by atoms with van der Waals surface area (Å²) in [6, 6.07) is 5.80. The zero-order valence-corrected chi connectivity index (χ0v) is 14.6. The van der Waals surface area contributed by atoms with Crippen molar-refractivity contribution in [2.24, 2.45) is 5.92 Å². The fraction of sp³-hybridized carbons (Fsp3) is 0.389. The maximum atomic E-state index is 13.1. The van der Waals surface area contributed by atoms with Crippen LogP contribution in [0.1, 0.15) is 36.3 Å². The van der Waals surface area contributed by atoms with Gasteiger partial charge in [0.25, 0.3) is 5.91 Å². The molecule has 25 heavy (non-hydrogen) atoms. The number of aryl methyl sites for hydroxylation is 1. The van der Waals surface area contributed by atoms with E-state index in [4.69, 9.17) is 5.11 Å². The SMILES string of the molecule is Cc1cn(-c2ccc(F)cc2)nc1C(=O)N(CCC(=O)O)CC(C)C. The molecule has 7 heteroatoms. The van der Waals surface area contributed by atoms with E-state index in [2.05, 4.69) is 5.10 Å². The lowest BCUT2D eigenvalue weighted by atomic mass is 10.1. The summed E-state index contributed by atoms with van der Waals surface area (Å²) in [7, 11) is 0. The van der Waals surface area contributed by atoms with Crippen LogP contribution in [-0.2, 0) is 4.79 Å². The van der Waals surface area contributed by atoms with Crippen molar-refractivity contribution >= 4 is 11.9 Å². The molecule has 1 aromatic carbocycles. The van der Waals surface area contributed by atoms with Gasteiger partial charge in [0.15, 0.2) is 5.69 Å².